The summed E-state index contributed by atoms with van der Waals surface area (Å²) in [5.41, 5.74) is 11.2. The number of nitrogens with one attached hydrogen (secondary N) is 1. The monoisotopic (exact) mass is 285 g/mol. The largest absolute Gasteiger partial charge is 0.481 e. The molecule has 1 aliphatic rings. The summed E-state index contributed by atoms with van der Waals surface area (Å²) >= 11 is 0. The first-order valence-electron chi connectivity index (χ1n) is 7.52. The highest BCUT2D eigenvalue weighted by atomic mass is 16.4. The van der Waals surface area contributed by atoms with Gasteiger partial charge in [-0.1, -0.05) is 19.3 Å². The van der Waals surface area contributed by atoms with Gasteiger partial charge in [0.25, 0.3) is 0 Å². The Morgan fingerprint density at radius 1 is 1.25 bits per heavy atom. The number of nitrogens with two attached hydrogens (primary N) is 2. The van der Waals surface area contributed by atoms with Gasteiger partial charge in [-0.2, -0.15) is 0 Å². The zero-order valence-electron chi connectivity index (χ0n) is 12.0. The third kappa shape index (κ3) is 5.46. The van der Waals surface area contributed by atoms with E-state index in [4.69, 9.17) is 11.5 Å². The maximum atomic E-state index is 11.8. The summed E-state index contributed by atoms with van der Waals surface area (Å²) in [5, 5.41) is 12.0. The Bertz CT molecular complexity index is 323. The predicted molar refractivity (Wildman–Crippen MR) is 77.0 cm³/mol. The predicted octanol–water partition coefficient (Wildman–Crippen LogP) is 0.450. The Labute approximate surface area is 120 Å². The molecule has 1 rings (SSSR count). The van der Waals surface area contributed by atoms with Crippen molar-refractivity contribution in [1.29, 1.82) is 0 Å². The van der Waals surface area contributed by atoms with Gasteiger partial charge in [-0.15, -0.1) is 0 Å². The second kappa shape index (κ2) is 8.92. The first-order valence-corrected chi connectivity index (χ1v) is 7.52. The van der Waals surface area contributed by atoms with Gasteiger partial charge in [-0.3, -0.25) is 9.59 Å². The van der Waals surface area contributed by atoms with Gasteiger partial charge in [-0.25, -0.2) is 0 Å². The molecule has 0 radical (unpaired) electrons. The average molecular weight is 285 g/mol. The van der Waals surface area contributed by atoms with Gasteiger partial charge >= 0.3 is 5.97 Å². The number of hydrogen-bond acceptors (Lipinski definition) is 4. The van der Waals surface area contributed by atoms with Crippen LogP contribution in [-0.2, 0) is 9.59 Å². The van der Waals surface area contributed by atoms with Gasteiger partial charge in [0.2, 0.25) is 5.91 Å². The standard InChI is InChI=1S/C14H27N3O3/c15-8-4-3-7-12(16)13(18)17-9-10-5-1-2-6-11(10)14(19)20/h10-12H,1-9,15-16H2,(H,17,18)(H,19,20). The van der Waals surface area contributed by atoms with E-state index in [1.165, 1.54) is 0 Å². The minimum atomic E-state index is -0.754. The van der Waals surface area contributed by atoms with Crippen LogP contribution in [0.5, 0.6) is 0 Å². The number of carboxylic acid groups (broad SMARTS) is 1. The van der Waals surface area contributed by atoms with Gasteiger partial charge in [0, 0.05) is 6.54 Å². The van der Waals surface area contributed by atoms with Crippen LogP contribution in [0.4, 0.5) is 0 Å². The highest BCUT2D eigenvalue weighted by Crippen LogP contribution is 2.29. The van der Waals surface area contributed by atoms with E-state index in [0.29, 0.717) is 25.9 Å². The Kier molecular flexibility index (Phi) is 7.54. The maximum absolute atomic E-state index is 11.8. The van der Waals surface area contributed by atoms with Crippen molar-refractivity contribution in [3.8, 4) is 0 Å². The van der Waals surface area contributed by atoms with Gasteiger partial charge in [0.15, 0.2) is 0 Å². The van der Waals surface area contributed by atoms with Crippen LogP contribution in [0, 0.1) is 11.8 Å². The van der Waals surface area contributed by atoms with E-state index in [2.05, 4.69) is 5.32 Å². The number of rotatable bonds is 8. The van der Waals surface area contributed by atoms with E-state index in [1.807, 2.05) is 0 Å². The van der Waals surface area contributed by atoms with E-state index >= 15 is 0 Å². The van der Waals surface area contributed by atoms with Crippen LogP contribution < -0.4 is 16.8 Å². The van der Waals surface area contributed by atoms with Crippen LogP contribution >= 0.6 is 0 Å². The molecule has 1 amide bonds. The minimum absolute atomic E-state index is 0.0291. The molecule has 6 heteroatoms. The maximum Gasteiger partial charge on any atom is 0.306 e. The quantitative estimate of drug-likeness (QED) is 0.483. The number of hydrogen-bond donors (Lipinski definition) is 4. The molecule has 6 nitrogen and oxygen atoms in total. The third-order valence-corrected chi connectivity index (χ3v) is 4.07. The van der Waals surface area contributed by atoms with Crippen LogP contribution in [0.1, 0.15) is 44.9 Å². The van der Waals surface area contributed by atoms with Crippen LogP contribution in [0.2, 0.25) is 0 Å². The van der Waals surface area contributed by atoms with Crippen LogP contribution in [-0.4, -0.2) is 36.1 Å². The Hall–Kier alpha value is -1.14. The van der Waals surface area contributed by atoms with Gasteiger partial charge in [0.05, 0.1) is 12.0 Å². The molecule has 0 aromatic heterocycles. The molecule has 1 saturated carbocycles. The molecule has 20 heavy (non-hydrogen) atoms. The van der Waals surface area contributed by atoms with E-state index in [9.17, 15) is 14.7 Å². The van der Waals surface area contributed by atoms with E-state index in [-0.39, 0.29) is 17.7 Å². The molecule has 0 aliphatic heterocycles. The smallest absolute Gasteiger partial charge is 0.306 e. The zero-order valence-corrected chi connectivity index (χ0v) is 12.0. The second-order valence-electron chi connectivity index (χ2n) is 5.63. The topological polar surface area (TPSA) is 118 Å². The summed E-state index contributed by atoms with van der Waals surface area (Å²) in [4.78, 5) is 23.0. The summed E-state index contributed by atoms with van der Waals surface area (Å²) in [6.45, 7) is 1.02. The van der Waals surface area contributed by atoms with Gasteiger partial charge in [-0.05, 0) is 38.1 Å². The summed E-state index contributed by atoms with van der Waals surface area (Å²) in [5.74, 6) is -1.24. The lowest BCUT2D eigenvalue weighted by molar-refractivity contribution is -0.145. The van der Waals surface area contributed by atoms with Crippen molar-refractivity contribution in [1.82, 2.24) is 5.32 Å². The molecule has 1 fully saturated rings. The molecule has 1 aliphatic carbocycles. The molecule has 6 N–H and O–H groups in total. The number of aliphatic carboxylic acids is 1. The highest BCUT2D eigenvalue weighted by Gasteiger charge is 2.31. The molecule has 0 saturated heterocycles. The van der Waals surface area contributed by atoms with E-state index in [0.717, 1.165) is 32.1 Å². The molecule has 0 aromatic carbocycles. The van der Waals surface area contributed by atoms with Crippen molar-refractivity contribution < 1.29 is 14.7 Å². The number of amides is 1. The van der Waals surface area contributed by atoms with Crippen molar-refractivity contribution in [3.05, 3.63) is 0 Å². The Balaban J connectivity index is 2.33. The molecule has 3 unspecified atom stereocenters. The van der Waals surface area contributed by atoms with E-state index < -0.39 is 12.0 Å². The lowest BCUT2D eigenvalue weighted by Crippen LogP contribution is -2.44. The fourth-order valence-corrected chi connectivity index (χ4v) is 2.78. The molecule has 0 aromatic rings. The zero-order chi connectivity index (χ0) is 15.0. The molecule has 3 atom stereocenters. The van der Waals surface area contributed by atoms with Crippen molar-refractivity contribution in [2.45, 2.75) is 51.0 Å². The number of unbranched alkanes of at least 4 members (excludes halogenated alkanes) is 1. The third-order valence-electron chi connectivity index (χ3n) is 4.07. The average Bonchev–Trinajstić information content (AvgIpc) is 2.45. The summed E-state index contributed by atoms with van der Waals surface area (Å²) in [6, 6.07) is -0.520. The van der Waals surface area contributed by atoms with Crippen molar-refractivity contribution in [3.63, 3.8) is 0 Å². The molecular weight excluding hydrogens is 258 g/mol. The molecule has 0 heterocycles. The summed E-state index contributed by atoms with van der Waals surface area (Å²) in [7, 11) is 0. The first kappa shape index (κ1) is 16.9. The lowest BCUT2D eigenvalue weighted by Gasteiger charge is -2.29. The SMILES string of the molecule is NCCCCC(N)C(=O)NCC1CCCCC1C(=O)O. The van der Waals surface area contributed by atoms with E-state index in [1.54, 1.807) is 0 Å². The summed E-state index contributed by atoms with van der Waals surface area (Å²) in [6.07, 6.45) is 5.89. The van der Waals surface area contributed by atoms with Gasteiger partial charge < -0.3 is 21.9 Å². The Morgan fingerprint density at radius 2 is 1.95 bits per heavy atom. The summed E-state index contributed by atoms with van der Waals surface area (Å²) < 4.78 is 0. The fourth-order valence-electron chi connectivity index (χ4n) is 2.78. The number of carbonyl (C=O) groups excluding carboxylic acids is 1. The fraction of sp³-hybridized carbons (Fsp3) is 0.857. The Morgan fingerprint density at radius 3 is 2.60 bits per heavy atom. The molecule has 116 valence electrons. The second-order valence-corrected chi connectivity index (χ2v) is 5.63. The molecular formula is C14H27N3O3. The van der Waals surface area contributed by atoms with Crippen LogP contribution in [0.3, 0.4) is 0 Å². The highest BCUT2D eigenvalue weighted by molar-refractivity contribution is 5.81. The van der Waals surface area contributed by atoms with Crippen LogP contribution in [0.25, 0.3) is 0 Å². The van der Waals surface area contributed by atoms with Crippen molar-refractivity contribution >= 4 is 11.9 Å². The number of carboxylic acids is 1. The number of carbonyl (C=O) groups is 2. The first-order chi connectivity index (χ1) is 9.56. The lowest BCUT2D eigenvalue weighted by atomic mass is 9.79. The minimum Gasteiger partial charge on any atom is -0.481 e. The molecule has 0 bridgehead atoms. The normalized spacial score (nSPS) is 24.1. The molecule has 0 spiro atoms. The van der Waals surface area contributed by atoms with Crippen molar-refractivity contribution in [2.24, 2.45) is 23.3 Å². The van der Waals surface area contributed by atoms with Crippen LogP contribution in [0.15, 0.2) is 0 Å². The van der Waals surface area contributed by atoms with Crippen molar-refractivity contribution in [2.75, 3.05) is 13.1 Å². The van der Waals surface area contributed by atoms with Gasteiger partial charge in [0.1, 0.15) is 0 Å².